The van der Waals surface area contributed by atoms with Gasteiger partial charge in [0.25, 0.3) is 10.0 Å². The van der Waals surface area contributed by atoms with E-state index in [2.05, 4.69) is 14.7 Å². The van der Waals surface area contributed by atoms with Gasteiger partial charge in [-0.15, -0.1) is 0 Å². The first-order chi connectivity index (χ1) is 9.83. The molecule has 0 spiro atoms. The number of carboxylic acids is 1. The van der Waals surface area contributed by atoms with Crippen LogP contribution in [0.2, 0.25) is 0 Å². The van der Waals surface area contributed by atoms with Crippen LogP contribution in [0.25, 0.3) is 0 Å². The number of imidazole rings is 1. The summed E-state index contributed by atoms with van der Waals surface area (Å²) in [6.07, 6.45) is 2.51. The van der Waals surface area contributed by atoms with Crippen molar-refractivity contribution in [2.45, 2.75) is 25.4 Å². The molecule has 0 radical (unpaired) electrons. The summed E-state index contributed by atoms with van der Waals surface area (Å²) in [4.78, 5) is 18.4. The molecule has 21 heavy (non-hydrogen) atoms. The summed E-state index contributed by atoms with van der Waals surface area (Å²) >= 11 is 0. The minimum Gasteiger partial charge on any atom is -0.478 e. The van der Waals surface area contributed by atoms with E-state index in [0.717, 1.165) is 6.20 Å². The molecule has 0 saturated carbocycles. The molecule has 0 aliphatic carbocycles. The van der Waals surface area contributed by atoms with Gasteiger partial charge < -0.3 is 9.67 Å². The second kappa shape index (κ2) is 5.52. The van der Waals surface area contributed by atoms with Crippen LogP contribution in [-0.4, -0.2) is 34.0 Å². The molecule has 0 atom stereocenters. The zero-order valence-corrected chi connectivity index (χ0v) is 12.3. The molecule has 0 fully saturated rings. The first kappa shape index (κ1) is 15.0. The van der Waals surface area contributed by atoms with Crippen molar-refractivity contribution >= 4 is 21.8 Å². The molecule has 2 rings (SSSR count). The van der Waals surface area contributed by atoms with Crippen LogP contribution in [0.5, 0.6) is 0 Å². The maximum atomic E-state index is 12.2. The summed E-state index contributed by atoms with van der Waals surface area (Å²) in [5, 5.41) is 8.65. The number of nitrogens with zero attached hydrogens (tertiary/aromatic N) is 3. The number of anilines is 1. The molecule has 8 nitrogen and oxygen atoms in total. The fourth-order valence-corrected chi connectivity index (χ4v) is 2.72. The van der Waals surface area contributed by atoms with E-state index in [9.17, 15) is 13.2 Å². The quantitative estimate of drug-likeness (QED) is 0.855. The Balaban J connectivity index is 2.26. The number of nitrogens with one attached hydrogen (secondary N) is 1. The molecule has 0 unspecified atom stereocenters. The lowest BCUT2D eigenvalue weighted by molar-refractivity contribution is 0.0696. The van der Waals surface area contributed by atoms with Gasteiger partial charge in [-0.1, -0.05) is 0 Å². The molecule has 2 N–H and O–H groups in total. The molecule has 112 valence electrons. The monoisotopic (exact) mass is 310 g/mol. The molecular formula is C12H14N4O4S. The average Bonchev–Trinajstić information content (AvgIpc) is 2.81. The normalized spacial score (nSPS) is 11.3. The number of aromatic nitrogens is 3. The first-order valence-electron chi connectivity index (χ1n) is 6.09. The zero-order valence-electron chi connectivity index (χ0n) is 11.4. The highest BCUT2D eigenvalue weighted by molar-refractivity contribution is 7.92. The maximum Gasteiger partial charge on any atom is 0.337 e. The second-order valence-electron chi connectivity index (χ2n) is 4.26. The van der Waals surface area contributed by atoms with Crippen molar-refractivity contribution in [2.75, 3.05) is 4.72 Å². The highest BCUT2D eigenvalue weighted by Gasteiger charge is 2.19. The Bertz CT molecular complexity index is 765. The number of carbonyl (C=O) groups is 1. The van der Waals surface area contributed by atoms with Crippen LogP contribution in [0.1, 0.15) is 23.1 Å². The van der Waals surface area contributed by atoms with Gasteiger partial charge in [-0.2, -0.15) is 8.42 Å². The average molecular weight is 310 g/mol. The molecule has 0 aliphatic heterocycles. The smallest absolute Gasteiger partial charge is 0.337 e. The maximum absolute atomic E-state index is 12.2. The fourth-order valence-electron chi connectivity index (χ4n) is 1.70. The highest BCUT2D eigenvalue weighted by atomic mass is 32.2. The number of pyridine rings is 1. The number of hydrogen-bond donors (Lipinski definition) is 2. The van der Waals surface area contributed by atoms with E-state index < -0.39 is 16.0 Å². The van der Waals surface area contributed by atoms with E-state index in [4.69, 9.17) is 5.11 Å². The Labute approximate surface area is 121 Å². The third-order valence-electron chi connectivity index (χ3n) is 2.82. The van der Waals surface area contributed by atoms with Crippen LogP contribution in [0.3, 0.4) is 0 Å². The van der Waals surface area contributed by atoms with Gasteiger partial charge in [-0.25, -0.2) is 14.8 Å². The fraction of sp³-hybridized carbons (Fsp3) is 0.250. The Hall–Kier alpha value is -2.42. The standard InChI is InChI=1S/C12H14N4O4S/c1-3-16-7-11(14-8(16)2)21(19,20)15-10-5-4-9(6-13-10)12(17)18/h4-7H,3H2,1-2H3,(H,13,15)(H,17,18). The van der Waals surface area contributed by atoms with Crippen LogP contribution in [0, 0.1) is 6.92 Å². The molecule has 2 heterocycles. The minimum atomic E-state index is -3.85. The van der Waals surface area contributed by atoms with Gasteiger partial charge in [-0.3, -0.25) is 4.72 Å². The second-order valence-corrected chi connectivity index (χ2v) is 5.88. The number of sulfonamides is 1. The number of hydrogen-bond acceptors (Lipinski definition) is 5. The van der Waals surface area contributed by atoms with Crippen molar-refractivity contribution in [3.63, 3.8) is 0 Å². The number of aromatic carboxylic acids is 1. The predicted molar refractivity (Wildman–Crippen MR) is 74.6 cm³/mol. The summed E-state index contributed by atoms with van der Waals surface area (Å²) in [7, 11) is -3.85. The Morgan fingerprint density at radius 2 is 2.14 bits per heavy atom. The van der Waals surface area contributed by atoms with Crippen molar-refractivity contribution in [2.24, 2.45) is 0 Å². The van der Waals surface area contributed by atoms with Gasteiger partial charge in [-0.05, 0) is 26.0 Å². The molecule has 0 aliphatic rings. The molecule has 0 bridgehead atoms. The van der Waals surface area contributed by atoms with Gasteiger partial charge in [0.05, 0.1) is 5.56 Å². The van der Waals surface area contributed by atoms with Crippen molar-refractivity contribution in [3.05, 3.63) is 35.9 Å². The van der Waals surface area contributed by atoms with Crippen molar-refractivity contribution in [1.82, 2.24) is 14.5 Å². The SMILES string of the molecule is CCn1cc(S(=O)(=O)Nc2ccc(C(=O)O)cn2)nc1C. The molecule has 2 aromatic rings. The lowest BCUT2D eigenvalue weighted by Crippen LogP contribution is -2.14. The largest absolute Gasteiger partial charge is 0.478 e. The topological polar surface area (TPSA) is 114 Å². The van der Waals surface area contributed by atoms with E-state index in [1.54, 1.807) is 11.5 Å². The van der Waals surface area contributed by atoms with E-state index in [1.807, 2.05) is 6.92 Å². The molecule has 0 saturated heterocycles. The summed E-state index contributed by atoms with van der Waals surface area (Å²) in [6.45, 7) is 4.20. The van der Waals surface area contributed by atoms with E-state index in [1.165, 1.54) is 18.3 Å². The van der Waals surface area contributed by atoms with Crippen LogP contribution in [0.15, 0.2) is 29.6 Å². The Kier molecular flexibility index (Phi) is 3.94. The summed E-state index contributed by atoms with van der Waals surface area (Å²) in [6, 6.07) is 2.55. The predicted octanol–water partition coefficient (Wildman–Crippen LogP) is 1.11. The highest BCUT2D eigenvalue weighted by Crippen LogP contribution is 2.14. The van der Waals surface area contributed by atoms with Gasteiger partial charge in [0.1, 0.15) is 11.6 Å². The molecule has 0 amide bonds. The summed E-state index contributed by atoms with van der Waals surface area (Å²) < 4.78 is 28.3. The minimum absolute atomic E-state index is 0.0240. The summed E-state index contributed by atoms with van der Waals surface area (Å²) in [5.41, 5.74) is -0.0240. The number of aryl methyl sites for hydroxylation is 2. The molecule has 0 aromatic carbocycles. The Morgan fingerprint density at radius 1 is 1.43 bits per heavy atom. The molecule has 9 heteroatoms. The number of rotatable bonds is 5. The molecule has 2 aromatic heterocycles. The van der Waals surface area contributed by atoms with Crippen LogP contribution >= 0.6 is 0 Å². The zero-order chi connectivity index (χ0) is 15.6. The first-order valence-corrected chi connectivity index (χ1v) is 7.57. The lowest BCUT2D eigenvalue weighted by atomic mass is 10.3. The van der Waals surface area contributed by atoms with Crippen LogP contribution in [0.4, 0.5) is 5.82 Å². The Morgan fingerprint density at radius 3 is 2.62 bits per heavy atom. The molecular weight excluding hydrogens is 296 g/mol. The number of carboxylic acid groups (broad SMARTS) is 1. The van der Waals surface area contributed by atoms with E-state index in [0.29, 0.717) is 12.4 Å². The summed E-state index contributed by atoms with van der Waals surface area (Å²) in [5.74, 6) is -0.509. The van der Waals surface area contributed by atoms with Gasteiger partial charge in [0.2, 0.25) is 0 Å². The van der Waals surface area contributed by atoms with Crippen LogP contribution in [-0.2, 0) is 16.6 Å². The third kappa shape index (κ3) is 3.19. The lowest BCUT2D eigenvalue weighted by Gasteiger charge is -2.04. The third-order valence-corrected chi connectivity index (χ3v) is 4.04. The van der Waals surface area contributed by atoms with Crippen molar-refractivity contribution in [1.29, 1.82) is 0 Å². The van der Waals surface area contributed by atoms with Gasteiger partial charge in [0.15, 0.2) is 5.03 Å². The van der Waals surface area contributed by atoms with E-state index in [-0.39, 0.29) is 16.4 Å². The van der Waals surface area contributed by atoms with Crippen LogP contribution < -0.4 is 4.72 Å². The van der Waals surface area contributed by atoms with Crippen molar-refractivity contribution in [3.8, 4) is 0 Å². The van der Waals surface area contributed by atoms with Crippen molar-refractivity contribution < 1.29 is 18.3 Å². The van der Waals surface area contributed by atoms with Gasteiger partial charge >= 0.3 is 5.97 Å². The van der Waals surface area contributed by atoms with E-state index >= 15 is 0 Å². The van der Waals surface area contributed by atoms with Gasteiger partial charge in [0, 0.05) is 18.9 Å².